The van der Waals surface area contributed by atoms with E-state index in [9.17, 15) is 10.2 Å². The lowest BCUT2D eigenvalue weighted by Crippen LogP contribution is -2.49. The Hall–Kier alpha value is -4.36. The van der Waals surface area contributed by atoms with Gasteiger partial charge in [-0.1, -0.05) is 24.3 Å². The van der Waals surface area contributed by atoms with Crippen molar-refractivity contribution < 1.29 is 33.9 Å². The molecule has 3 atom stereocenters. The number of aliphatic hydroxyl groups excluding tert-OH is 2. The van der Waals surface area contributed by atoms with Crippen molar-refractivity contribution in [2.75, 3.05) is 93.9 Å². The molecule has 0 amide bonds. The number of piperazine rings is 1. The van der Waals surface area contributed by atoms with E-state index in [2.05, 4.69) is 94.4 Å². The van der Waals surface area contributed by atoms with Gasteiger partial charge in [0.2, 0.25) is 5.75 Å². The first-order valence-corrected chi connectivity index (χ1v) is 20.0. The Balaban J connectivity index is 1.21. The van der Waals surface area contributed by atoms with Crippen LogP contribution in [0, 0.1) is 0 Å². The summed E-state index contributed by atoms with van der Waals surface area (Å²) in [6.45, 7) is 6.65. The van der Waals surface area contributed by atoms with E-state index in [1.165, 1.54) is 16.7 Å². The van der Waals surface area contributed by atoms with Gasteiger partial charge in [0.1, 0.15) is 24.2 Å². The average molecular weight is 765 g/mol. The van der Waals surface area contributed by atoms with Gasteiger partial charge in [-0.25, -0.2) is 0 Å². The van der Waals surface area contributed by atoms with Crippen LogP contribution in [0.15, 0.2) is 66.7 Å². The van der Waals surface area contributed by atoms with E-state index < -0.39 is 6.10 Å². The van der Waals surface area contributed by atoms with E-state index in [4.69, 9.17) is 23.7 Å². The SMILES string of the molecule is COc1ccc2cc1Oc1ccc(cc1)C[C@H]1c3cc(ccc3CCN1C)Oc1c(OCC(O)CN3CCN(CCO)CC3)c(OC)cc3c1[C@H](C2)N(C)CC3. The second-order valence-corrected chi connectivity index (χ2v) is 15.7. The topological polar surface area (TPSA) is 99.6 Å². The third-order valence-corrected chi connectivity index (χ3v) is 12.1. The number of rotatable bonds is 9. The van der Waals surface area contributed by atoms with Crippen molar-refractivity contribution in [3.63, 3.8) is 0 Å². The molecule has 6 bridgehead atoms. The fourth-order valence-corrected chi connectivity index (χ4v) is 8.88. The molecule has 2 N–H and O–H groups in total. The normalized spacial score (nSPS) is 20.9. The zero-order valence-corrected chi connectivity index (χ0v) is 33.2. The minimum atomic E-state index is -0.725. The van der Waals surface area contributed by atoms with Crippen molar-refractivity contribution in [3.8, 4) is 40.2 Å². The molecule has 1 fully saturated rings. The second-order valence-electron chi connectivity index (χ2n) is 15.7. The van der Waals surface area contributed by atoms with Crippen molar-refractivity contribution in [2.24, 2.45) is 0 Å². The van der Waals surface area contributed by atoms with E-state index in [1.54, 1.807) is 14.2 Å². The summed E-state index contributed by atoms with van der Waals surface area (Å²) >= 11 is 0. The van der Waals surface area contributed by atoms with Crippen molar-refractivity contribution in [2.45, 2.75) is 43.9 Å². The minimum absolute atomic E-state index is 0.0573. The zero-order valence-electron chi connectivity index (χ0n) is 33.2. The van der Waals surface area contributed by atoms with Gasteiger partial charge in [0, 0.05) is 70.0 Å². The number of nitrogens with zero attached hydrogens (tertiary/aromatic N) is 4. The summed E-state index contributed by atoms with van der Waals surface area (Å²) in [4.78, 5) is 9.33. The molecular formula is C45H56N4O7. The van der Waals surface area contributed by atoms with Crippen molar-refractivity contribution in [1.29, 1.82) is 0 Å². The Morgan fingerprint density at radius 3 is 2.14 bits per heavy atom. The summed E-state index contributed by atoms with van der Waals surface area (Å²) < 4.78 is 32.1. The molecule has 298 valence electrons. The number of β-amino-alcohol motifs (C(OH)–C–C–N with tert-alkyl or cyclic N) is 2. The van der Waals surface area contributed by atoms with Crippen LogP contribution in [-0.2, 0) is 25.7 Å². The Kier molecular flexibility index (Phi) is 11.7. The van der Waals surface area contributed by atoms with Crippen LogP contribution in [0.1, 0.15) is 45.5 Å². The van der Waals surface area contributed by atoms with Gasteiger partial charge < -0.3 is 33.9 Å². The van der Waals surface area contributed by atoms with E-state index >= 15 is 0 Å². The maximum Gasteiger partial charge on any atom is 0.204 e. The minimum Gasteiger partial charge on any atom is -0.493 e. The molecule has 5 aliphatic heterocycles. The highest BCUT2D eigenvalue weighted by Crippen LogP contribution is 2.51. The maximum absolute atomic E-state index is 11.4. The molecule has 9 rings (SSSR count). The van der Waals surface area contributed by atoms with Gasteiger partial charge in [0.05, 0.1) is 20.8 Å². The first-order valence-electron chi connectivity index (χ1n) is 20.0. The highest BCUT2D eigenvalue weighted by molar-refractivity contribution is 5.63. The molecule has 0 aromatic heterocycles. The highest BCUT2D eigenvalue weighted by atomic mass is 16.5. The number of fused-ring (bicyclic) bond motifs is 2. The van der Waals surface area contributed by atoms with Crippen LogP contribution in [0.3, 0.4) is 0 Å². The highest BCUT2D eigenvalue weighted by Gasteiger charge is 2.35. The first kappa shape index (κ1) is 38.5. The summed E-state index contributed by atoms with van der Waals surface area (Å²) in [7, 11) is 7.71. The Morgan fingerprint density at radius 2 is 1.39 bits per heavy atom. The lowest BCUT2D eigenvalue weighted by atomic mass is 9.87. The molecule has 11 nitrogen and oxygen atoms in total. The van der Waals surface area contributed by atoms with Crippen LogP contribution in [-0.4, -0.2) is 130 Å². The van der Waals surface area contributed by atoms with Crippen molar-refractivity contribution >= 4 is 0 Å². The fraction of sp³-hybridized carbons (Fsp3) is 0.467. The van der Waals surface area contributed by atoms with Crippen LogP contribution >= 0.6 is 0 Å². The molecule has 0 radical (unpaired) electrons. The molecule has 4 aromatic carbocycles. The van der Waals surface area contributed by atoms with Gasteiger partial charge >= 0.3 is 0 Å². The van der Waals surface area contributed by atoms with Crippen LogP contribution < -0.4 is 23.7 Å². The number of benzene rings is 4. The van der Waals surface area contributed by atoms with Gasteiger partial charge in [-0.15, -0.1) is 0 Å². The quantitative estimate of drug-likeness (QED) is 0.226. The van der Waals surface area contributed by atoms with Gasteiger partial charge in [-0.2, -0.15) is 0 Å². The summed E-state index contributed by atoms with van der Waals surface area (Å²) in [5.41, 5.74) is 7.14. The second kappa shape index (κ2) is 17.0. The molecule has 4 aromatic rings. The smallest absolute Gasteiger partial charge is 0.204 e. The molecule has 56 heavy (non-hydrogen) atoms. The number of ether oxygens (including phenoxy) is 5. The van der Waals surface area contributed by atoms with Crippen LogP contribution in [0.5, 0.6) is 40.2 Å². The Morgan fingerprint density at radius 1 is 0.714 bits per heavy atom. The Labute approximate surface area is 330 Å². The van der Waals surface area contributed by atoms with Crippen LogP contribution in [0.2, 0.25) is 0 Å². The molecule has 0 spiro atoms. The molecule has 5 aliphatic rings. The predicted molar refractivity (Wildman–Crippen MR) is 216 cm³/mol. The van der Waals surface area contributed by atoms with Gasteiger partial charge in [-0.3, -0.25) is 19.6 Å². The number of aliphatic hydroxyl groups is 2. The molecule has 0 saturated carbocycles. The summed E-state index contributed by atoms with van der Waals surface area (Å²) in [6.07, 6.45) is 2.60. The molecule has 11 heteroatoms. The monoisotopic (exact) mass is 764 g/mol. The van der Waals surface area contributed by atoms with Gasteiger partial charge in [-0.05, 0) is 110 Å². The predicted octanol–water partition coefficient (Wildman–Crippen LogP) is 5.49. The average Bonchev–Trinajstić information content (AvgIpc) is 3.20. The standard InChI is InChI=1S/C45H56N4O7/c1-46-15-13-32-8-11-36-27-37(32)38(46)23-30-5-9-35(10-6-30)55-41-25-31(7-12-40(41)52-3)24-39-43-33(14-16-47(39)2)26-42(53-4)44(45(43)56-36)54-29-34(51)28-49-19-17-48(18-20-49)21-22-50/h5-12,25-27,34,38-39,50-51H,13-24,28-29H2,1-4H3/t34?,38-,39-/m0/s1. The maximum atomic E-state index is 11.4. The number of hydrogen-bond donors (Lipinski definition) is 2. The largest absolute Gasteiger partial charge is 0.493 e. The van der Waals surface area contributed by atoms with Crippen molar-refractivity contribution in [1.82, 2.24) is 19.6 Å². The summed E-state index contributed by atoms with van der Waals surface area (Å²) in [5, 5.41) is 20.7. The summed E-state index contributed by atoms with van der Waals surface area (Å²) in [5.74, 6) is 4.57. The molecule has 5 heterocycles. The van der Waals surface area contributed by atoms with E-state index in [0.717, 1.165) is 86.7 Å². The summed E-state index contributed by atoms with van der Waals surface area (Å²) in [6, 6.07) is 23.3. The number of likely N-dealkylation sites (N-methyl/N-ethyl adjacent to an activating group) is 2. The van der Waals surface area contributed by atoms with Crippen LogP contribution in [0.25, 0.3) is 0 Å². The van der Waals surface area contributed by atoms with E-state index in [-0.39, 0.29) is 25.3 Å². The Bertz CT molecular complexity index is 1980. The van der Waals surface area contributed by atoms with Crippen LogP contribution in [0.4, 0.5) is 0 Å². The molecule has 0 aliphatic carbocycles. The third kappa shape index (κ3) is 8.20. The van der Waals surface area contributed by atoms with Gasteiger partial charge in [0.15, 0.2) is 23.0 Å². The fourth-order valence-electron chi connectivity index (χ4n) is 8.88. The lowest BCUT2D eigenvalue weighted by Gasteiger charge is -2.37. The van der Waals surface area contributed by atoms with E-state index in [1.807, 2.05) is 6.07 Å². The lowest BCUT2D eigenvalue weighted by molar-refractivity contribution is 0.0417. The number of hydrogen-bond acceptors (Lipinski definition) is 11. The molecule has 1 unspecified atom stereocenters. The molecule has 1 saturated heterocycles. The number of methoxy groups -OCH3 is 2. The first-order chi connectivity index (χ1) is 27.3. The van der Waals surface area contributed by atoms with Crippen molar-refractivity contribution in [3.05, 3.63) is 100 Å². The van der Waals surface area contributed by atoms with E-state index in [0.29, 0.717) is 48.3 Å². The molecular weight excluding hydrogens is 709 g/mol. The van der Waals surface area contributed by atoms with Gasteiger partial charge in [0.25, 0.3) is 0 Å². The third-order valence-electron chi connectivity index (χ3n) is 12.1. The zero-order chi connectivity index (χ0) is 38.8.